The molecule has 5 nitrogen and oxygen atoms in total. The van der Waals surface area contributed by atoms with Crippen molar-refractivity contribution in [1.82, 2.24) is 9.97 Å². The van der Waals surface area contributed by atoms with Crippen molar-refractivity contribution in [2.45, 2.75) is 6.04 Å². The number of carbonyl (C=O) groups is 1. The molecule has 0 aliphatic rings. The van der Waals surface area contributed by atoms with E-state index in [0.29, 0.717) is 5.82 Å². The zero-order chi connectivity index (χ0) is 17.8. The van der Waals surface area contributed by atoms with Crippen molar-refractivity contribution in [2.75, 3.05) is 10.6 Å². The van der Waals surface area contributed by atoms with E-state index in [1.165, 1.54) is 6.33 Å². The van der Waals surface area contributed by atoms with Gasteiger partial charge in [-0.25, -0.2) is 9.97 Å². The van der Waals surface area contributed by atoms with Crippen molar-refractivity contribution in [2.24, 2.45) is 0 Å². The minimum absolute atomic E-state index is 0.149. The van der Waals surface area contributed by atoms with Crippen LogP contribution < -0.4 is 10.6 Å². The highest BCUT2D eigenvalue weighted by Gasteiger charge is 2.22. The summed E-state index contributed by atoms with van der Waals surface area (Å²) in [7, 11) is 0. The molecule has 0 fully saturated rings. The van der Waals surface area contributed by atoms with Gasteiger partial charge in [0.25, 0.3) is 5.91 Å². The third-order valence-corrected chi connectivity index (χ3v) is 4.80. The maximum Gasteiger partial charge on any atom is 0.251 e. The SMILES string of the molecule is O=C(Nc1ccccc1)[C@H](Nc1ncnc2sccc12)c1ccccc1. The Kier molecular flexibility index (Phi) is 4.57. The summed E-state index contributed by atoms with van der Waals surface area (Å²) in [6.07, 6.45) is 1.51. The first-order valence-electron chi connectivity index (χ1n) is 8.17. The highest BCUT2D eigenvalue weighted by molar-refractivity contribution is 7.16. The van der Waals surface area contributed by atoms with Crippen LogP contribution in [-0.4, -0.2) is 15.9 Å². The van der Waals surface area contributed by atoms with E-state index in [2.05, 4.69) is 20.6 Å². The minimum Gasteiger partial charge on any atom is -0.354 e. The molecule has 0 aliphatic carbocycles. The number of anilines is 2. The number of nitrogens with zero attached hydrogens (tertiary/aromatic N) is 2. The molecule has 4 rings (SSSR count). The Morgan fingerprint density at radius 2 is 1.65 bits per heavy atom. The van der Waals surface area contributed by atoms with E-state index in [4.69, 9.17) is 0 Å². The first-order chi connectivity index (χ1) is 12.8. The van der Waals surface area contributed by atoms with Crippen molar-refractivity contribution >= 4 is 39.0 Å². The van der Waals surface area contributed by atoms with Gasteiger partial charge >= 0.3 is 0 Å². The van der Waals surface area contributed by atoms with Gasteiger partial charge in [-0.3, -0.25) is 4.79 Å². The normalized spacial score (nSPS) is 11.8. The highest BCUT2D eigenvalue weighted by Crippen LogP contribution is 2.27. The molecule has 0 spiro atoms. The Labute approximate surface area is 154 Å². The van der Waals surface area contributed by atoms with Crippen LogP contribution in [0.1, 0.15) is 11.6 Å². The molecule has 26 heavy (non-hydrogen) atoms. The van der Waals surface area contributed by atoms with E-state index in [1.54, 1.807) is 11.3 Å². The molecule has 0 unspecified atom stereocenters. The van der Waals surface area contributed by atoms with Crippen molar-refractivity contribution in [3.63, 3.8) is 0 Å². The van der Waals surface area contributed by atoms with E-state index >= 15 is 0 Å². The zero-order valence-corrected chi connectivity index (χ0v) is 14.6. The van der Waals surface area contributed by atoms with Gasteiger partial charge < -0.3 is 10.6 Å². The van der Waals surface area contributed by atoms with Crippen LogP contribution in [0.15, 0.2) is 78.4 Å². The lowest BCUT2D eigenvalue weighted by atomic mass is 10.1. The lowest BCUT2D eigenvalue weighted by molar-refractivity contribution is -0.117. The molecule has 0 saturated carbocycles. The molecule has 0 bridgehead atoms. The summed E-state index contributed by atoms with van der Waals surface area (Å²) < 4.78 is 0. The lowest BCUT2D eigenvalue weighted by Crippen LogP contribution is -2.27. The number of amides is 1. The van der Waals surface area contributed by atoms with Gasteiger partial charge in [-0.2, -0.15) is 0 Å². The van der Waals surface area contributed by atoms with Crippen LogP contribution in [0.4, 0.5) is 11.5 Å². The number of nitrogens with one attached hydrogen (secondary N) is 2. The number of rotatable bonds is 5. The summed E-state index contributed by atoms with van der Waals surface area (Å²) in [5, 5.41) is 9.12. The van der Waals surface area contributed by atoms with Crippen LogP contribution in [0.25, 0.3) is 10.2 Å². The van der Waals surface area contributed by atoms with Gasteiger partial charge in [0.05, 0.1) is 5.39 Å². The number of hydrogen-bond acceptors (Lipinski definition) is 5. The zero-order valence-electron chi connectivity index (χ0n) is 13.8. The predicted molar refractivity (Wildman–Crippen MR) is 105 cm³/mol. The van der Waals surface area contributed by atoms with Gasteiger partial charge in [0, 0.05) is 5.69 Å². The molecule has 2 N–H and O–H groups in total. The van der Waals surface area contributed by atoms with Crippen LogP contribution >= 0.6 is 11.3 Å². The third-order valence-electron chi connectivity index (χ3n) is 3.98. The first kappa shape index (κ1) is 16.2. The van der Waals surface area contributed by atoms with Crippen molar-refractivity contribution in [1.29, 1.82) is 0 Å². The number of para-hydroxylation sites is 1. The number of benzene rings is 2. The Bertz CT molecular complexity index is 1020. The molecule has 2 heterocycles. The molecule has 4 aromatic rings. The molecule has 0 saturated heterocycles. The van der Waals surface area contributed by atoms with E-state index in [-0.39, 0.29) is 5.91 Å². The number of aromatic nitrogens is 2. The third kappa shape index (κ3) is 3.41. The molecule has 2 aromatic heterocycles. The maximum atomic E-state index is 13.0. The summed E-state index contributed by atoms with van der Waals surface area (Å²) in [5.41, 5.74) is 1.62. The summed E-state index contributed by atoms with van der Waals surface area (Å²) in [6.45, 7) is 0. The molecule has 2 aromatic carbocycles. The Morgan fingerprint density at radius 1 is 0.923 bits per heavy atom. The van der Waals surface area contributed by atoms with Gasteiger partial charge in [0.15, 0.2) is 0 Å². The largest absolute Gasteiger partial charge is 0.354 e. The number of thiophene rings is 1. The van der Waals surface area contributed by atoms with Gasteiger partial charge in [-0.15, -0.1) is 11.3 Å². The second-order valence-corrected chi connectivity index (χ2v) is 6.60. The van der Waals surface area contributed by atoms with Crippen LogP contribution in [0, 0.1) is 0 Å². The Hall–Kier alpha value is -3.25. The summed E-state index contributed by atoms with van der Waals surface area (Å²) in [5.74, 6) is 0.498. The summed E-state index contributed by atoms with van der Waals surface area (Å²) in [4.78, 5) is 22.5. The standard InChI is InChI=1S/C20H16N4OS/c25-19(23-15-9-5-2-6-10-15)17(14-7-3-1-4-8-14)24-18-16-11-12-26-20(16)22-13-21-18/h1-13,17H,(H,23,25)(H,21,22,24)/t17-/m1/s1. The van der Waals surface area contributed by atoms with E-state index in [0.717, 1.165) is 21.5 Å². The Morgan fingerprint density at radius 3 is 2.42 bits per heavy atom. The highest BCUT2D eigenvalue weighted by atomic mass is 32.1. The van der Waals surface area contributed by atoms with Gasteiger partial charge in [0.1, 0.15) is 23.0 Å². The van der Waals surface area contributed by atoms with Gasteiger partial charge in [-0.1, -0.05) is 48.5 Å². The summed E-state index contributed by atoms with van der Waals surface area (Å²) >= 11 is 1.54. The van der Waals surface area contributed by atoms with Gasteiger partial charge in [0.2, 0.25) is 0 Å². The quantitative estimate of drug-likeness (QED) is 0.550. The average Bonchev–Trinajstić information content (AvgIpc) is 3.17. The molecule has 0 aliphatic heterocycles. The first-order valence-corrected chi connectivity index (χ1v) is 9.05. The number of carbonyl (C=O) groups excluding carboxylic acids is 1. The molecule has 128 valence electrons. The number of fused-ring (bicyclic) bond motifs is 1. The smallest absolute Gasteiger partial charge is 0.251 e. The molecule has 6 heteroatoms. The topological polar surface area (TPSA) is 66.9 Å². The van der Waals surface area contributed by atoms with Crippen molar-refractivity contribution in [3.8, 4) is 0 Å². The molecule has 1 amide bonds. The fraction of sp³-hybridized carbons (Fsp3) is 0.0500. The summed E-state index contributed by atoms with van der Waals surface area (Å²) in [6, 6.07) is 20.4. The van der Waals surface area contributed by atoms with E-state index in [1.807, 2.05) is 72.1 Å². The van der Waals surface area contributed by atoms with E-state index < -0.39 is 6.04 Å². The monoisotopic (exact) mass is 360 g/mol. The maximum absolute atomic E-state index is 13.0. The molecular formula is C20H16N4OS. The van der Waals surface area contributed by atoms with E-state index in [9.17, 15) is 4.79 Å². The fourth-order valence-corrected chi connectivity index (χ4v) is 3.46. The molecular weight excluding hydrogens is 344 g/mol. The van der Waals surface area contributed by atoms with Crippen LogP contribution in [0.2, 0.25) is 0 Å². The van der Waals surface area contributed by atoms with Crippen LogP contribution in [-0.2, 0) is 4.79 Å². The van der Waals surface area contributed by atoms with Crippen LogP contribution in [0.3, 0.4) is 0 Å². The van der Waals surface area contributed by atoms with Crippen molar-refractivity contribution in [3.05, 3.63) is 84.0 Å². The van der Waals surface area contributed by atoms with Gasteiger partial charge in [-0.05, 0) is 29.1 Å². The molecule has 0 radical (unpaired) electrons. The van der Waals surface area contributed by atoms with Crippen LogP contribution in [0.5, 0.6) is 0 Å². The lowest BCUT2D eigenvalue weighted by Gasteiger charge is -2.20. The number of hydrogen-bond donors (Lipinski definition) is 2. The second-order valence-electron chi connectivity index (χ2n) is 5.71. The Balaban J connectivity index is 1.67. The second kappa shape index (κ2) is 7.33. The fourth-order valence-electron chi connectivity index (χ4n) is 2.72. The molecule has 1 atom stereocenters. The predicted octanol–water partition coefficient (Wildman–Crippen LogP) is 4.48. The minimum atomic E-state index is -0.575. The average molecular weight is 360 g/mol. The van der Waals surface area contributed by atoms with Crippen molar-refractivity contribution < 1.29 is 4.79 Å².